The Morgan fingerprint density at radius 1 is 0.980 bits per heavy atom. The van der Waals surface area contributed by atoms with E-state index in [1.165, 1.54) is 4.90 Å². The third kappa shape index (κ3) is 8.74. The molecule has 14 nitrogen and oxygen atoms in total. The summed E-state index contributed by atoms with van der Waals surface area (Å²) in [5.74, 6) is 0.393. The van der Waals surface area contributed by atoms with Crippen molar-refractivity contribution >= 4 is 23.6 Å². The highest BCUT2D eigenvalue weighted by Gasteiger charge is 2.37. The van der Waals surface area contributed by atoms with Gasteiger partial charge >= 0.3 is 0 Å². The van der Waals surface area contributed by atoms with Crippen LogP contribution in [0.5, 0.6) is 11.5 Å². The molecule has 268 valence electrons. The van der Waals surface area contributed by atoms with E-state index in [4.69, 9.17) is 14.5 Å². The van der Waals surface area contributed by atoms with Gasteiger partial charge in [0.05, 0.1) is 31.8 Å². The van der Waals surface area contributed by atoms with Crippen molar-refractivity contribution in [3.8, 4) is 11.5 Å². The van der Waals surface area contributed by atoms with E-state index in [-0.39, 0.29) is 56.2 Å². The molecular formula is C37H44N8O6. The number of para-hydroxylation sites is 1. The lowest BCUT2D eigenvalue weighted by Gasteiger charge is -2.35. The fourth-order valence-corrected chi connectivity index (χ4v) is 6.35. The highest BCUT2D eigenvalue weighted by Crippen LogP contribution is 2.36. The van der Waals surface area contributed by atoms with Gasteiger partial charge in [0.1, 0.15) is 24.1 Å². The lowest BCUT2D eigenvalue weighted by molar-refractivity contribution is -0.136. The van der Waals surface area contributed by atoms with Crippen LogP contribution in [0.4, 0.5) is 0 Å². The predicted octanol–water partition coefficient (Wildman–Crippen LogP) is 2.42. The van der Waals surface area contributed by atoms with Crippen LogP contribution in [-0.2, 0) is 34.4 Å². The van der Waals surface area contributed by atoms with E-state index >= 15 is 0 Å². The van der Waals surface area contributed by atoms with Crippen LogP contribution in [0.3, 0.4) is 0 Å². The molecule has 6 rings (SSSR count). The van der Waals surface area contributed by atoms with Gasteiger partial charge in [-0.2, -0.15) is 5.10 Å². The van der Waals surface area contributed by atoms with E-state index in [0.717, 1.165) is 22.7 Å². The number of imidazole rings is 1. The Morgan fingerprint density at radius 2 is 1.78 bits per heavy atom. The van der Waals surface area contributed by atoms with Crippen molar-refractivity contribution in [3.63, 3.8) is 0 Å². The molecule has 2 aliphatic rings. The molecule has 4 amide bonds. The van der Waals surface area contributed by atoms with Crippen LogP contribution in [0, 0.1) is 6.92 Å². The van der Waals surface area contributed by atoms with Gasteiger partial charge in [-0.05, 0) is 55.7 Å². The molecule has 1 unspecified atom stereocenters. The Kier molecular flexibility index (Phi) is 11.3. The second-order valence-electron chi connectivity index (χ2n) is 12.7. The van der Waals surface area contributed by atoms with Crippen molar-refractivity contribution in [1.82, 2.24) is 39.8 Å². The van der Waals surface area contributed by atoms with Crippen LogP contribution < -0.4 is 20.1 Å². The summed E-state index contributed by atoms with van der Waals surface area (Å²) in [5.41, 5.74) is 3.60. The van der Waals surface area contributed by atoms with Crippen molar-refractivity contribution in [1.29, 1.82) is 0 Å². The molecule has 2 N–H and O–H groups in total. The van der Waals surface area contributed by atoms with Crippen molar-refractivity contribution in [3.05, 3.63) is 95.3 Å². The summed E-state index contributed by atoms with van der Waals surface area (Å²) in [4.78, 5) is 61.2. The predicted molar refractivity (Wildman–Crippen MR) is 187 cm³/mol. The number of carbonyl (C=O) groups is 4. The highest BCUT2D eigenvalue weighted by atomic mass is 16.5. The van der Waals surface area contributed by atoms with Crippen molar-refractivity contribution in [2.75, 3.05) is 45.9 Å². The third-order valence-electron chi connectivity index (χ3n) is 9.07. The molecule has 2 aliphatic heterocycles. The maximum atomic E-state index is 13.9. The van der Waals surface area contributed by atoms with Crippen molar-refractivity contribution in [2.45, 2.75) is 45.2 Å². The summed E-state index contributed by atoms with van der Waals surface area (Å²) in [6, 6.07) is 18.2. The zero-order valence-electron chi connectivity index (χ0n) is 29.0. The number of benzene rings is 2. The van der Waals surface area contributed by atoms with Gasteiger partial charge in [0.2, 0.25) is 17.7 Å². The number of fused-ring (bicyclic) bond motifs is 3. The molecule has 6 bridgehead atoms. The van der Waals surface area contributed by atoms with Crippen LogP contribution >= 0.6 is 0 Å². The Morgan fingerprint density at radius 3 is 2.59 bits per heavy atom. The second-order valence-corrected chi connectivity index (χ2v) is 12.7. The number of ether oxygens (including phenoxy) is 2. The normalized spacial score (nSPS) is 17.2. The lowest BCUT2D eigenvalue weighted by atomic mass is 9.94. The van der Waals surface area contributed by atoms with Crippen molar-refractivity contribution in [2.24, 2.45) is 7.05 Å². The average Bonchev–Trinajstić information content (AvgIpc) is 3.70. The van der Waals surface area contributed by atoms with Crippen LogP contribution in [0.2, 0.25) is 0 Å². The monoisotopic (exact) mass is 696 g/mol. The zero-order chi connectivity index (χ0) is 35.7. The van der Waals surface area contributed by atoms with Gasteiger partial charge in [-0.25, -0.2) is 4.98 Å². The van der Waals surface area contributed by atoms with Gasteiger partial charge in [-0.3, -0.25) is 23.9 Å². The SMILES string of the molecule is Cc1cc(C(=O)N2CCc3c4ncn3CC(=O)NCCN(C(=O)CCCOc3ccccc3)CC(=O)NCCCOc3cccc(c3)C42)nn1C. The van der Waals surface area contributed by atoms with Gasteiger partial charge in [-0.15, -0.1) is 0 Å². The smallest absolute Gasteiger partial charge is 0.275 e. The Bertz CT molecular complexity index is 1830. The minimum absolute atomic E-state index is 0.0108. The van der Waals surface area contributed by atoms with Crippen LogP contribution in [0.15, 0.2) is 67.0 Å². The number of rotatable bonds is 6. The summed E-state index contributed by atoms with van der Waals surface area (Å²) < 4.78 is 15.3. The molecule has 4 aromatic rings. The largest absolute Gasteiger partial charge is 0.494 e. The summed E-state index contributed by atoms with van der Waals surface area (Å²) in [6.45, 7) is 3.59. The molecule has 0 spiro atoms. The van der Waals surface area contributed by atoms with E-state index in [9.17, 15) is 19.2 Å². The summed E-state index contributed by atoms with van der Waals surface area (Å²) in [5, 5.41) is 10.2. The first kappa shape index (κ1) is 35.2. The molecule has 0 fully saturated rings. The number of aromatic nitrogens is 4. The molecule has 14 heteroatoms. The van der Waals surface area contributed by atoms with E-state index in [1.807, 2.05) is 66.1 Å². The molecule has 0 aliphatic carbocycles. The number of nitrogens with one attached hydrogen (secondary N) is 2. The second kappa shape index (κ2) is 16.4. The highest BCUT2D eigenvalue weighted by molar-refractivity contribution is 5.93. The first-order valence-electron chi connectivity index (χ1n) is 17.3. The fraction of sp³-hybridized carbons (Fsp3) is 0.405. The van der Waals surface area contributed by atoms with Crippen LogP contribution in [-0.4, -0.2) is 98.7 Å². The van der Waals surface area contributed by atoms with E-state index < -0.39 is 6.04 Å². The summed E-state index contributed by atoms with van der Waals surface area (Å²) in [7, 11) is 1.80. The molecule has 1 atom stereocenters. The minimum atomic E-state index is -0.529. The molecule has 0 saturated carbocycles. The summed E-state index contributed by atoms with van der Waals surface area (Å²) >= 11 is 0. The molecular weight excluding hydrogens is 652 g/mol. The maximum absolute atomic E-state index is 13.9. The summed E-state index contributed by atoms with van der Waals surface area (Å²) in [6.07, 6.45) is 3.35. The molecule has 51 heavy (non-hydrogen) atoms. The number of carbonyl (C=O) groups excluding carboxylic acids is 4. The quantitative estimate of drug-likeness (QED) is 0.292. The molecule has 2 aromatic carbocycles. The average molecular weight is 697 g/mol. The van der Waals surface area contributed by atoms with Crippen molar-refractivity contribution < 1.29 is 28.7 Å². The molecule has 2 aromatic heterocycles. The maximum Gasteiger partial charge on any atom is 0.275 e. The van der Waals surface area contributed by atoms with Crippen LogP contribution in [0.1, 0.15) is 58.4 Å². The molecule has 0 saturated heterocycles. The van der Waals surface area contributed by atoms with Gasteiger partial charge < -0.3 is 34.5 Å². The topological polar surface area (TPSA) is 153 Å². The Labute approximate surface area is 296 Å². The first-order chi connectivity index (χ1) is 24.8. The van der Waals surface area contributed by atoms with Gasteiger partial charge in [0.25, 0.3) is 5.91 Å². The number of amides is 4. The number of nitrogens with zero attached hydrogens (tertiary/aromatic N) is 6. The minimum Gasteiger partial charge on any atom is -0.494 e. The lowest BCUT2D eigenvalue weighted by Crippen LogP contribution is -2.45. The first-order valence-corrected chi connectivity index (χ1v) is 17.3. The molecule has 4 heterocycles. The fourth-order valence-electron chi connectivity index (χ4n) is 6.35. The number of hydrogen-bond acceptors (Lipinski definition) is 8. The Hall–Kier alpha value is -5.66. The van der Waals surface area contributed by atoms with Gasteiger partial charge in [0.15, 0.2) is 5.69 Å². The van der Waals surface area contributed by atoms with E-state index in [1.54, 1.807) is 29.0 Å². The van der Waals surface area contributed by atoms with E-state index in [0.29, 0.717) is 62.7 Å². The van der Waals surface area contributed by atoms with E-state index in [2.05, 4.69) is 15.7 Å². The number of hydrogen-bond donors (Lipinski definition) is 2. The van der Waals surface area contributed by atoms with Crippen LogP contribution in [0.25, 0.3) is 0 Å². The Balaban J connectivity index is 1.18. The standard InChI is InChI=1S/C37H44N8O6/c1-26-21-30(41-42(26)2)37(49)45-17-14-31-35-36(45)27-9-6-12-29(22-27)51-20-8-15-38-32(46)23-43(18-16-39-33(47)24-44(31)25-40-35)34(48)13-7-19-50-28-10-4-3-5-11-28/h3-6,9-12,21-22,25,36H,7-8,13-20,23-24H2,1-2H3,(H,38,46)(H,39,47). The third-order valence-corrected chi connectivity index (χ3v) is 9.07. The zero-order valence-corrected chi connectivity index (χ0v) is 29.0. The van der Waals surface area contributed by atoms with Gasteiger partial charge in [-0.1, -0.05) is 30.3 Å². The molecule has 0 radical (unpaired) electrons. The number of aryl methyl sites for hydroxylation is 2. The van der Waals surface area contributed by atoms with Gasteiger partial charge in [0, 0.05) is 57.5 Å².